The van der Waals surface area contributed by atoms with Crippen LogP contribution in [0.4, 0.5) is 10.5 Å². The first-order valence-electron chi connectivity index (χ1n) is 6.93. The molecular weight excluding hydrogens is 284 g/mol. The summed E-state index contributed by atoms with van der Waals surface area (Å²) in [5, 5.41) is 3.61. The number of hydrogen-bond acceptors (Lipinski definition) is 1. The Kier molecular flexibility index (Phi) is 5.23. The van der Waals surface area contributed by atoms with Crippen LogP contribution in [-0.4, -0.2) is 17.0 Å². The van der Waals surface area contributed by atoms with E-state index in [1.54, 1.807) is 4.90 Å². The summed E-state index contributed by atoms with van der Waals surface area (Å²) in [7, 11) is 0. The summed E-state index contributed by atoms with van der Waals surface area (Å²) in [6.45, 7) is 4.55. The highest BCUT2D eigenvalue weighted by atomic mass is 35.5. The molecule has 0 aliphatic heterocycles. The van der Waals surface area contributed by atoms with Crippen LogP contribution in [0.25, 0.3) is 0 Å². The van der Waals surface area contributed by atoms with Crippen LogP contribution in [0.1, 0.15) is 19.4 Å². The van der Waals surface area contributed by atoms with Crippen LogP contribution in [0.15, 0.2) is 54.6 Å². The van der Waals surface area contributed by atoms with E-state index in [0.29, 0.717) is 11.6 Å². The van der Waals surface area contributed by atoms with Gasteiger partial charge >= 0.3 is 6.03 Å². The molecule has 0 aliphatic rings. The average Bonchev–Trinajstić information content (AvgIpc) is 2.47. The minimum Gasteiger partial charge on any atom is -0.318 e. The molecule has 0 unspecified atom stereocenters. The lowest BCUT2D eigenvalue weighted by Crippen LogP contribution is -2.39. The highest BCUT2D eigenvalue weighted by Crippen LogP contribution is 2.15. The van der Waals surface area contributed by atoms with Crippen LogP contribution >= 0.6 is 11.6 Å². The van der Waals surface area contributed by atoms with Crippen molar-refractivity contribution in [1.29, 1.82) is 0 Å². The van der Waals surface area contributed by atoms with Gasteiger partial charge in [-0.3, -0.25) is 0 Å². The lowest BCUT2D eigenvalue weighted by molar-refractivity contribution is 0.193. The molecule has 0 spiro atoms. The molecule has 0 aliphatic carbocycles. The third-order valence-corrected chi connectivity index (χ3v) is 3.43. The molecule has 0 heterocycles. The van der Waals surface area contributed by atoms with Gasteiger partial charge in [-0.1, -0.05) is 41.9 Å². The molecule has 2 aromatic rings. The van der Waals surface area contributed by atoms with E-state index < -0.39 is 0 Å². The SMILES string of the molecule is CC(C)N(Cc1ccc(Cl)cc1)C(=O)Nc1ccccc1. The zero-order valence-corrected chi connectivity index (χ0v) is 13.0. The number of nitrogens with one attached hydrogen (secondary N) is 1. The Labute approximate surface area is 130 Å². The Morgan fingerprint density at radius 2 is 1.71 bits per heavy atom. The van der Waals surface area contributed by atoms with E-state index in [4.69, 9.17) is 11.6 Å². The highest BCUT2D eigenvalue weighted by molar-refractivity contribution is 6.30. The van der Waals surface area contributed by atoms with E-state index in [1.807, 2.05) is 68.4 Å². The Bertz CT molecular complexity index is 581. The number of benzene rings is 2. The van der Waals surface area contributed by atoms with Gasteiger partial charge in [0.05, 0.1) is 0 Å². The Morgan fingerprint density at radius 3 is 2.29 bits per heavy atom. The fraction of sp³-hybridized carbons (Fsp3) is 0.235. The average molecular weight is 303 g/mol. The van der Waals surface area contributed by atoms with Crippen LogP contribution in [0.2, 0.25) is 5.02 Å². The number of carbonyl (C=O) groups is 1. The summed E-state index contributed by atoms with van der Waals surface area (Å²) >= 11 is 5.89. The lowest BCUT2D eigenvalue weighted by atomic mass is 10.2. The molecule has 0 saturated heterocycles. The van der Waals surface area contributed by atoms with Crippen LogP contribution in [0.3, 0.4) is 0 Å². The fourth-order valence-electron chi connectivity index (χ4n) is 1.99. The first-order valence-corrected chi connectivity index (χ1v) is 7.31. The van der Waals surface area contributed by atoms with Crippen molar-refractivity contribution in [3.05, 3.63) is 65.2 Å². The van der Waals surface area contributed by atoms with E-state index in [-0.39, 0.29) is 12.1 Å². The number of carbonyl (C=O) groups excluding carboxylic acids is 1. The van der Waals surface area contributed by atoms with Gasteiger partial charge in [-0.25, -0.2) is 4.79 Å². The molecule has 0 bridgehead atoms. The molecule has 1 N–H and O–H groups in total. The molecule has 21 heavy (non-hydrogen) atoms. The molecule has 3 nitrogen and oxygen atoms in total. The van der Waals surface area contributed by atoms with Gasteiger partial charge in [0.15, 0.2) is 0 Å². The standard InChI is InChI=1S/C17H19ClN2O/c1-13(2)20(12-14-8-10-15(18)11-9-14)17(21)19-16-6-4-3-5-7-16/h3-11,13H,12H2,1-2H3,(H,19,21). The summed E-state index contributed by atoms with van der Waals surface area (Å²) in [4.78, 5) is 14.2. The second-order valence-electron chi connectivity index (χ2n) is 5.14. The zero-order chi connectivity index (χ0) is 15.2. The largest absolute Gasteiger partial charge is 0.322 e. The van der Waals surface area contributed by atoms with Crippen LogP contribution in [0, 0.1) is 0 Å². The van der Waals surface area contributed by atoms with Gasteiger partial charge in [-0.15, -0.1) is 0 Å². The number of para-hydroxylation sites is 1. The molecule has 4 heteroatoms. The molecule has 2 amide bonds. The van der Waals surface area contributed by atoms with E-state index in [9.17, 15) is 4.79 Å². The molecular formula is C17H19ClN2O. The van der Waals surface area contributed by atoms with Crippen LogP contribution in [-0.2, 0) is 6.54 Å². The van der Waals surface area contributed by atoms with E-state index in [2.05, 4.69) is 5.32 Å². The third-order valence-electron chi connectivity index (χ3n) is 3.18. The van der Waals surface area contributed by atoms with Crippen molar-refractivity contribution in [3.63, 3.8) is 0 Å². The number of hydrogen-bond donors (Lipinski definition) is 1. The molecule has 0 fully saturated rings. The topological polar surface area (TPSA) is 32.3 Å². The van der Waals surface area contributed by atoms with Gasteiger partial charge in [0.25, 0.3) is 0 Å². The summed E-state index contributed by atoms with van der Waals surface area (Å²) < 4.78 is 0. The maximum Gasteiger partial charge on any atom is 0.322 e. The Hall–Kier alpha value is -2.00. The van der Waals surface area contributed by atoms with Crippen molar-refractivity contribution in [3.8, 4) is 0 Å². The number of amides is 2. The second kappa shape index (κ2) is 7.14. The quantitative estimate of drug-likeness (QED) is 0.866. The number of anilines is 1. The molecule has 110 valence electrons. The van der Waals surface area contributed by atoms with Crippen molar-refractivity contribution in [1.82, 2.24) is 4.90 Å². The van der Waals surface area contributed by atoms with Crippen molar-refractivity contribution in [2.75, 3.05) is 5.32 Å². The van der Waals surface area contributed by atoms with Gasteiger partial charge in [-0.05, 0) is 43.7 Å². The summed E-state index contributed by atoms with van der Waals surface area (Å²) in [6, 6.07) is 17.0. The van der Waals surface area contributed by atoms with Gasteiger partial charge in [0.2, 0.25) is 0 Å². The number of rotatable bonds is 4. The van der Waals surface area contributed by atoms with E-state index in [1.165, 1.54) is 0 Å². The van der Waals surface area contributed by atoms with E-state index >= 15 is 0 Å². The number of halogens is 1. The Morgan fingerprint density at radius 1 is 1.10 bits per heavy atom. The second-order valence-corrected chi connectivity index (χ2v) is 5.58. The van der Waals surface area contributed by atoms with Crippen molar-refractivity contribution < 1.29 is 4.79 Å². The normalized spacial score (nSPS) is 10.5. The van der Waals surface area contributed by atoms with Gasteiger partial charge in [-0.2, -0.15) is 0 Å². The molecule has 0 aromatic heterocycles. The summed E-state index contributed by atoms with van der Waals surface area (Å²) in [6.07, 6.45) is 0. The molecule has 2 aromatic carbocycles. The van der Waals surface area contributed by atoms with Crippen LogP contribution < -0.4 is 5.32 Å². The molecule has 2 rings (SSSR count). The van der Waals surface area contributed by atoms with Crippen LogP contribution in [0.5, 0.6) is 0 Å². The minimum absolute atomic E-state index is 0.101. The molecule has 0 radical (unpaired) electrons. The molecule has 0 saturated carbocycles. The van der Waals surface area contributed by atoms with Crippen molar-refractivity contribution >= 4 is 23.3 Å². The smallest absolute Gasteiger partial charge is 0.318 e. The van der Waals surface area contributed by atoms with Gasteiger partial charge < -0.3 is 10.2 Å². The molecule has 0 atom stereocenters. The highest BCUT2D eigenvalue weighted by Gasteiger charge is 2.17. The number of nitrogens with zero attached hydrogens (tertiary/aromatic N) is 1. The first kappa shape index (κ1) is 15.4. The maximum absolute atomic E-state index is 12.4. The summed E-state index contributed by atoms with van der Waals surface area (Å²) in [5.41, 5.74) is 1.85. The number of urea groups is 1. The Balaban J connectivity index is 2.07. The fourth-order valence-corrected chi connectivity index (χ4v) is 2.12. The van der Waals surface area contributed by atoms with Gasteiger partial charge in [0, 0.05) is 23.3 Å². The lowest BCUT2D eigenvalue weighted by Gasteiger charge is -2.27. The van der Waals surface area contributed by atoms with Crippen molar-refractivity contribution in [2.24, 2.45) is 0 Å². The third kappa shape index (κ3) is 4.50. The van der Waals surface area contributed by atoms with Gasteiger partial charge in [0.1, 0.15) is 0 Å². The summed E-state index contributed by atoms with van der Waals surface area (Å²) in [5.74, 6) is 0. The first-order chi connectivity index (χ1) is 10.1. The minimum atomic E-state index is -0.105. The maximum atomic E-state index is 12.4. The predicted molar refractivity (Wildman–Crippen MR) is 87.6 cm³/mol. The van der Waals surface area contributed by atoms with E-state index in [0.717, 1.165) is 11.3 Å². The zero-order valence-electron chi connectivity index (χ0n) is 12.2. The van der Waals surface area contributed by atoms with Crippen molar-refractivity contribution in [2.45, 2.75) is 26.4 Å². The monoisotopic (exact) mass is 302 g/mol. The predicted octanol–water partition coefficient (Wildman–Crippen LogP) is 4.78.